The van der Waals surface area contributed by atoms with E-state index in [1.54, 1.807) is 38.4 Å². The monoisotopic (exact) mass is 360 g/mol. The SMILES string of the molecule is CN=Cc1ccc(O[P+](=S)N(C)/N=C/c2ccc(OC)cc2)cc1. The molecule has 0 aliphatic heterocycles. The van der Waals surface area contributed by atoms with Gasteiger partial charge in [-0.05, 0) is 59.7 Å². The van der Waals surface area contributed by atoms with Crippen molar-refractivity contribution in [3.8, 4) is 11.5 Å². The van der Waals surface area contributed by atoms with Gasteiger partial charge >= 0.3 is 7.07 Å². The number of hydrazone groups is 1. The van der Waals surface area contributed by atoms with Crippen molar-refractivity contribution in [1.82, 2.24) is 4.78 Å². The molecule has 0 spiro atoms. The Labute approximate surface area is 148 Å². The van der Waals surface area contributed by atoms with Crippen molar-refractivity contribution in [2.75, 3.05) is 21.2 Å². The van der Waals surface area contributed by atoms with E-state index in [1.807, 2.05) is 48.5 Å². The maximum Gasteiger partial charge on any atom is 0.540 e. The summed E-state index contributed by atoms with van der Waals surface area (Å²) in [7, 11) is 3.90. The van der Waals surface area contributed by atoms with Gasteiger partial charge in [0, 0.05) is 13.3 Å². The molecule has 1 atom stereocenters. The molecule has 5 nitrogen and oxygen atoms in total. The van der Waals surface area contributed by atoms with Gasteiger partial charge in [0.05, 0.1) is 20.4 Å². The first-order chi connectivity index (χ1) is 11.6. The number of rotatable bonds is 7. The maximum absolute atomic E-state index is 5.76. The lowest BCUT2D eigenvalue weighted by Crippen LogP contribution is -2.03. The summed E-state index contributed by atoms with van der Waals surface area (Å²) in [6.45, 7) is 0. The quantitative estimate of drug-likeness (QED) is 0.427. The standard InChI is InChI=1S/C17H19N3O2PS/c1-18-12-14-6-10-17(11-7-14)22-23(24)20(2)19-13-15-4-8-16(21-3)9-5-15/h4-13H,1-3H3/q+1/b18-12?,19-13+. The number of aliphatic imine (C=N–C) groups is 1. The second kappa shape index (κ2) is 9.11. The fraction of sp³-hybridized carbons (Fsp3) is 0.176. The highest BCUT2D eigenvalue weighted by atomic mass is 32.4. The van der Waals surface area contributed by atoms with E-state index in [-0.39, 0.29) is 0 Å². The Kier molecular flexibility index (Phi) is 6.85. The molecular weight excluding hydrogens is 341 g/mol. The van der Waals surface area contributed by atoms with Crippen LogP contribution in [0.4, 0.5) is 0 Å². The molecule has 0 aliphatic carbocycles. The molecule has 0 heterocycles. The minimum atomic E-state index is -1.28. The van der Waals surface area contributed by atoms with Crippen LogP contribution in [0.15, 0.2) is 58.6 Å². The van der Waals surface area contributed by atoms with Crippen LogP contribution in [0.1, 0.15) is 11.1 Å². The van der Waals surface area contributed by atoms with E-state index in [2.05, 4.69) is 10.1 Å². The molecule has 0 N–H and O–H groups in total. The zero-order chi connectivity index (χ0) is 17.4. The van der Waals surface area contributed by atoms with Gasteiger partial charge in [0.25, 0.3) is 0 Å². The molecule has 0 radical (unpaired) electrons. The lowest BCUT2D eigenvalue weighted by atomic mass is 10.2. The zero-order valence-electron chi connectivity index (χ0n) is 13.8. The topological polar surface area (TPSA) is 46.4 Å². The zero-order valence-corrected chi connectivity index (χ0v) is 15.5. The Morgan fingerprint density at radius 2 is 1.50 bits per heavy atom. The van der Waals surface area contributed by atoms with Crippen LogP contribution in [-0.4, -0.2) is 38.4 Å². The fourth-order valence-electron chi connectivity index (χ4n) is 1.80. The van der Waals surface area contributed by atoms with Gasteiger partial charge in [-0.2, -0.15) is 0 Å². The second-order valence-electron chi connectivity index (χ2n) is 4.79. The molecule has 0 saturated heterocycles. The summed E-state index contributed by atoms with van der Waals surface area (Å²) < 4.78 is 12.5. The van der Waals surface area contributed by atoms with Gasteiger partial charge in [-0.25, -0.2) is 0 Å². The summed E-state index contributed by atoms with van der Waals surface area (Å²) >= 11 is 5.39. The van der Waals surface area contributed by atoms with Crippen molar-refractivity contribution in [2.24, 2.45) is 10.1 Å². The van der Waals surface area contributed by atoms with Gasteiger partial charge in [0.2, 0.25) is 11.8 Å². The van der Waals surface area contributed by atoms with E-state index in [4.69, 9.17) is 21.1 Å². The molecule has 0 aromatic heterocycles. The molecule has 2 aromatic carbocycles. The first-order valence-corrected chi connectivity index (χ1v) is 9.44. The molecule has 24 heavy (non-hydrogen) atoms. The summed E-state index contributed by atoms with van der Waals surface area (Å²) in [5, 5.41) is 4.34. The molecule has 2 rings (SSSR count). The molecule has 1 unspecified atom stereocenters. The van der Waals surface area contributed by atoms with E-state index in [1.165, 1.54) is 0 Å². The lowest BCUT2D eigenvalue weighted by Gasteiger charge is -2.03. The third-order valence-electron chi connectivity index (χ3n) is 3.07. The summed E-state index contributed by atoms with van der Waals surface area (Å²) in [4.78, 5) is 3.97. The third kappa shape index (κ3) is 5.41. The first kappa shape index (κ1) is 18.0. The van der Waals surface area contributed by atoms with Crippen LogP contribution in [0.2, 0.25) is 0 Å². The van der Waals surface area contributed by atoms with Crippen molar-refractivity contribution < 1.29 is 9.26 Å². The number of benzene rings is 2. The molecular formula is C17H19N3O2PS+. The minimum Gasteiger partial charge on any atom is -0.497 e. The summed E-state index contributed by atoms with van der Waals surface area (Å²) in [5.74, 6) is 1.53. The number of hydrogen-bond acceptors (Lipinski definition) is 5. The highest BCUT2D eigenvalue weighted by molar-refractivity contribution is 8.02. The minimum absolute atomic E-state index is 0.718. The Hall–Kier alpha value is -2.30. The van der Waals surface area contributed by atoms with Gasteiger partial charge < -0.3 is 4.74 Å². The number of hydrogen-bond donors (Lipinski definition) is 0. The first-order valence-electron chi connectivity index (χ1n) is 7.21. The van der Waals surface area contributed by atoms with Crippen molar-refractivity contribution in [3.63, 3.8) is 0 Å². The molecule has 0 saturated carbocycles. The largest absolute Gasteiger partial charge is 0.540 e. The van der Waals surface area contributed by atoms with Crippen LogP contribution in [0.5, 0.6) is 11.5 Å². The summed E-state index contributed by atoms with van der Waals surface area (Å²) in [5.41, 5.74) is 1.98. The van der Waals surface area contributed by atoms with Crippen LogP contribution in [0.25, 0.3) is 0 Å². The maximum atomic E-state index is 5.76. The fourth-order valence-corrected chi connectivity index (χ4v) is 2.74. The van der Waals surface area contributed by atoms with Crippen LogP contribution < -0.4 is 9.26 Å². The summed E-state index contributed by atoms with van der Waals surface area (Å²) in [6.07, 6.45) is 3.52. The lowest BCUT2D eigenvalue weighted by molar-refractivity contribution is 0.415. The van der Waals surface area contributed by atoms with Crippen LogP contribution in [0, 0.1) is 0 Å². The molecule has 0 fully saturated rings. The molecule has 7 heteroatoms. The highest BCUT2D eigenvalue weighted by Crippen LogP contribution is 2.30. The Morgan fingerprint density at radius 3 is 2.04 bits per heavy atom. The van der Waals surface area contributed by atoms with Crippen molar-refractivity contribution in [2.45, 2.75) is 0 Å². The molecule has 2 aromatic rings. The van der Waals surface area contributed by atoms with E-state index in [0.29, 0.717) is 0 Å². The van der Waals surface area contributed by atoms with E-state index < -0.39 is 7.07 Å². The van der Waals surface area contributed by atoms with E-state index in [0.717, 1.165) is 22.6 Å². The van der Waals surface area contributed by atoms with Crippen molar-refractivity contribution in [1.29, 1.82) is 0 Å². The number of methoxy groups -OCH3 is 1. The van der Waals surface area contributed by atoms with Gasteiger partial charge in [-0.3, -0.25) is 9.52 Å². The van der Waals surface area contributed by atoms with Crippen molar-refractivity contribution >= 4 is 31.3 Å². The number of nitrogens with zero attached hydrogens (tertiary/aromatic N) is 3. The highest BCUT2D eigenvalue weighted by Gasteiger charge is 2.20. The van der Waals surface area contributed by atoms with Crippen LogP contribution >= 0.6 is 7.07 Å². The Morgan fingerprint density at radius 1 is 0.958 bits per heavy atom. The van der Waals surface area contributed by atoms with Gasteiger partial charge in [-0.15, -0.1) is 5.10 Å². The summed E-state index contributed by atoms with van der Waals surface area (Å²) in [6, 6.07) is 15.2. The average Bonchev–Trinajstić information content (AvgIpc) is 2.62. The molecule has 0 amide bonds. The Bertz CT molecular complexity index is 731. The predicted molar refractivity (Wildman–Crippen MR) is 103 cm³/mol. The van der Waals surface area contributed by atoms with E-state index in [9.17, 15) is 0 Å². The van der Waals surface area contributed by atoms with Gasteiger partial charge in [0.15, 0.2) is 5.75 Å². The van der Waals surface area contributed by atoms with Crippen LogP contribution in [-0.2, 0) is 11.8 Å². The average molecular weight is 360 g/mol. The van der Waals surface area contributed by atoms with E-state index >= 15 is 0 Å². The Balaban J connectivity index is 1.94. The molecule has 0 bridgehead atoms. The smallest absolute Gasteiger partial charge is 0.497 e. The van der Waals surface area contributed by atoms with Crippen LogP contribution in [0.3, 0.4) is 0 Å². The normalized spacial score (nSPS) is 11.7. The van der Waals surface area contributed by atoms with Crippen molar-refractivity contribution in [3.05, 3.63) is 59.7 Å². The third-order valence-corrected chi connectivity index (χ3v) is 4.94. The second-order valence-corrected chi connectivity index (χ2v) is 6.97. The van der Waals surface area contributed by atoms with Gasteiger partial charge in [-0.1, -0.05) is 4.78 Å². The van der Waals surface area contributed by atoms with Gasteiger partial charge in [0.1, 0.15) is 5.75 Å². The molecule has 124 valence electrons. The predicted octanol–water partition coefficient (Wildman–Crippen LogP) is 3.86. The molecule has 0 aliphatic rings. The number of ether oxygens (including phenoxy) is 1.